The molecule has 2 aromatic heterocycles. The highest BCUT2D eigenvalue weighted by atomic mass is 16.3. The number of fused-ring (bicyclic) bond motifs is 3. The van der Waals surface area contributed by atoms with Crippen molar-refractivity contribution in [3.8, 4) is 34.9 Å². The predicted molar refractivity (Wildman–Crippen MR) is 187 cm³/mol. The van der Waals surface area contributed by atoms with Gasteiger partial charge in [0.15, 0.2) is 17.5 Å². The van der Waals surface area contributed by atoms with Gasteiger partial charge >= 0.3 is 0 Å². The summed E-state index contributed by atoms with van der Waals surface area (Å²) in [5.74, 6) is 1.39. The first-order chi connectivity index (χ1) is 24.2. The summed E-state index contributed by atoms with van der Waals surface area (Å²) < 4.78 is 6.28. The Hall–Kier alpha value is -6.89. The molecule has 3 aliphatic rings. The van der Waals surface area contributed by atoms with Crippen molar-refractivity contribution in [3.05, 3.63) is 184 Å². The average Bonchev–Trinajstić information content (AvgIpc) is 3.55. The zero-order chi connectivity index (χ0) is 32.7. The Kier molecular flexibility index (Phi) is 5.59. The molecule has 49 heavy (non-hydrogen) atoms. The van der Waals surface area contributed by atoms with Crippen molar-refractivity contribution in [2.45, 2.75) is 11.3 Å². The fourth-order valence-corrected chi connectivity index (χ4v) is 8.14. The molecule has 11 rings (SSSR count). The number of benzene rings is 6. The first kappa shape index (κ1) is 27.2. The highest BCUT2D eigenvalue weighted by Gasteiger charge is 2.55. The molecule has 0 aliphatic heterocycles. The fourth-order valence-electron chi connectivity index (χ4n) is 8.14. The third kappa shape index (κ3) is 3.66. The zero-order valence-electron chi connectivity index (χ0n) is 25.9. The normalized spacial score (nSPS) is 16.8. The summed E-state index contributed by atoms with van der Waals surface area (Å²) >= 11 is 0. The number of aromatic nitrogens is 3. The molecule has 3 aliphatic carbocycles. The van der Waals surface area contributed by atoms with Gasteiger partial charge in [0.25, 0.3) is 0 Å². The van der Waals surface area contributed by atoms with E-state index in [9.17, 15) is 10.5 Å². The molecule has 2 bridgehead atoms. The van der Waals surface area contributed by atoms with Gasteiger partial charge in [0, 0.05) is 27.8 Å². The quantitative estimate of drug-likeness (QED) is 0.194. The number of furan rings is 1. The van der Waals surface area contributed by atoms with Crippen LogP contribution >= 0.6 is 0 Å². The Labute approximate surface area is 281 Å². The second-order valence-electron chi connectivity index (χ2n) is 12.5. The van der Waals surface area contributed by atoms with Gasteiger partial charge in [-0.1, -0.05) is 103 Å². The lowest BCUT2D eigenvalue weighted by molar-refractivity contribution is 0.590. The van der Waals surface area contributed by atoms with Crippen LogP contribution in [0.15, 0.2) is 138 Å². The first-order valence-electron chi connectivity index (χ1n) is 16.1. The second kappa shape index (κ2) is 10.1. The monoisotopic (exact) mass is 625 g/mol. The lowest BCUT2D eigenvalue weighted by atomic mass is 9.52. The Morgan fingerprint density at radius 3 is 1.94 bits per heavy atom. The molecule has 0 fully saturated rings. The third-order valence-corrected chi connectivity index (χ3v) is 10.1. The van der Waals surface area contributed by atoms with E-state index in [-0.39, 0.29) is 5.92 Å². The van der Waals surface area contributed by atoms with Gasteiger partial charge in [0.1, 0.15) is 16.6 Å². The summed E-state index contributed by atoms with van der Waals surface area (Å²) in [5.41, 5.74) is 9.11. The summed E-state index contributed by atoms with van der Waals surface area (Å²) in [6.45, 7) is 0. The standard InChI is InChI=1S/C43H23N5O/c44-23-25-20-28(24-45)38-35(21-25)43(33-15-7-4-13-31(33)39(38)32-14-5-8-16-34(32)43)42-47-40(26-10-2-1-3-11-26)46-41(48-42)27-18-19-30-29-12-6-9-17-36(29)49-37(30)22-27/h1-22,39H. The lowest BCUT2D eigenvalue weighted by Crippen LogP contribution is -2.45. The highest BCUT2D eigenvalue weighted by Crippen LogP contribution is 2.61. The largest absolute Gasteiger partial charge is 0.456 e. The van der Waals surface area contributed by atoms with Crippen LogP contribution in [0.2, 0.25) is 0 Å². The maximum atomic E-state index is 10.5. The molecule has 2 heterocycles. The van der Waals surface area contributed by atoms with E-state index in [1.165, 1.54) is 0 Å². The SMILES string of the molecule is N#Cc1cc(C#N)c2c(c1)C1(c3nc(-c4ccccc4)nc(-c4ccc5c(c4)oc4ccccc45)n3)c3ccccc3C2c2ccccc21. The highest BCUT2D eigenvalue weighted by molar-refractivity contribution is 6.05. The Bertz CT molecular complexity index is 2720. The van der Waals surface area contributed by atoms with E-state index >= 15 is 0 Å². The number of rotatable bonds is 3. The van der Waals surface area contributed by atoms with Gasteiger partial charge in [-0.2, -0.15) is 10.5 Å². The van der Waals surface area contributed by atoms with Crippen LogP contribution in [0.3, 0.4) is 0 Å². The van der Waals surface area contributed by atoms with Crippen molar-refractivity contribution in [2.75, 3.05) is 0 Å². The van der Waals surface area contributed by atoms with Crippen LogP contribution in [0.1, 0.15) is 56.2 Å². The zero-order valence-corrected chi connectivity index (χ0v) is 25.9. The number of para-hydroxylation sites is 1. The second-order valence-corrected chi connectivity index (χ2v) is 12.5. The number of hydrogen-bond donors (Lipinski definition) is 0. The van der Waals surface area contributed by atoms with Crippen LogP contribution in [-0.2, 0) is 5.41 Å². The maximum Gasteiger partial charge on any atom is 0.163 e. The molecular formula is C43H23N5O. The molecule has 0 saturated carbocycles. The van der Waals surface area contributed by atoms with Crippen molar-refractivity contribution in [2.24, 2.45) is 0 Å². The molecule has 0 radical (unpaired) electrons. The smallest absolute Gasteiger partial charge is 0.163 e. The van der Waals surface area contributed by atoms with E-state index in [0.29, 0.717) is 28.6 Å². The maximum absolute atomic E-state index is 10.5. The van der Waals surface area contributed by atoms with E-state index in [4.69, 9.17) is 19.4 Å². The minimum atomic E-state index is -1.03. The van der Waals surface area contributed by atoms with Gasteiger partial charge < -0.3 is 4.42 Å². The van der Waals surface area contributed by atoms with Crippen LogP contribution < -0.4 is 0 Å². The molecule has 6 nitrogen and oxygen atoms in total. The van der Waals surface area contributed by atoms with Gasteiger partial charge in [-0.05, 0) is 63.7 Å². The van der Waals surface area contributed by atoms with E-state index in [1.807, 2.05) is 91.0 Å². The summed E-state index contributed by atoms with van der Waals surface area (Å²) in [5, 5.41) is 22.8. The van der Waals surface area contributed by atoms with Crippen molar-refractivity contribution in [1.82, 2.24) is 15.0 Å². The Morgan fingerprint density at radius 2 is 1.20 bits per heavy atom. The third-order valence-electron chi connectivity index (χ3n) is 10.1. The molecule has 0 saturated heterocycles. The molecule has 0 amide bonds. The minimum absolute atomic E-state index is 0.169. The van der Waals surface area contributed by atoms with Gasteiger partial charge in [-0.25, -0.2) is 15.0 Å². The minimum Gasteiger partial charge on any atom is -0.456 e. The average molecular weight is 626 g/mol. The molecule has 226 valence electrons. The van der Waals surface area contributed by atoms with Crippen molar-refractivity contribution < 1.29 is 4.42 Å². The van der Waals surface area contributed by atoms with Crippen LogP contribution in [0.25, 0.3) is 44.7 Å². The molecule has 0 spiro atoms. The van der Waals surface area contributed by atoms with Gasteiger partial charge in [0.2, 0.25) is 0 Å². The van der Waals surface area contributed by atoms with Gasteiger partial charge in [0.05, 0.1) is 23.3 Å². The molecule has 8 aromatic rings. The van der Waals surface area contributed by atoms with Crippen LogP contribution in [0.5, 0.6) is 0 Å². The van der Waals surface area contributed by atoms with Crippen LogP contribution in [0, 0.1) is 22.7 Å². The van der Waals surface area contributed by atoms with Crippen LogP contribution in [0.4, 0.5) is 0 Å². The van der Waals surface area contributed by atoms with Gasteiger partial charge in [-0.3, -0.25) is 0 Å². The molecular weight excluding hydrogens is 603 g/mol. The molecule has 0 atom stereocenters. The first-order valence-corrected chi connectivity index (χ1v) is 16.1. The summed E-state index contributed by atoms with van der Waals surface area (Å²) in [6.07, 6.45) is 0. The van der Waals surface area contributed by atoms with Crippen molar-refractivity contribution >= 4 is 21.9 Å². The number of nitrogens with zero attached hydrogens (tertiary/aromatic N) is 5. The van der Waals surface area contributed by atoms with E-state index in [0.717, 1.165) is 66.4 Å². The van der Waals surface area contributed by atoms with Crippen molar-refractivity contribution in [1.29, 1.82) is 10.5 Å². The summed E-state index contributed by atoms with van der Waals surface area (Å²) in [6, 6.07) is 49.1. The van der Waals surface area contributed by atoms with E-state index in [2.05, 4.69) is 48.5 Å². The Balaban J connectivity index is 1.34. The van der Waals surface area contributed by atoms with Crippen LogP contribution in [-0.4, -0.2) is 15.0 Å². The van der Waals surface area contributed by atoms with Crippen molar-refractivity contribution in [3.63, 3.8) is 0 Å². The summed E-state index contributed by atoms with van der Waals surface area (Å²) in [4.78, 5) is 15.7. The fraction of sp³-hybridized carbons (Fsp3) is 0.0465. The lowest BCUT2D eigenvalue weighted by Gasteiger charge is -2.50. The topological polar surface area (TPSA) is 99.4 Å². The molecule has 0 N–H and O–H groups in total. The van der Waals surface area contributed by atoms with E-state index < -0.39 is 5.41 Å². The molecule has 6 heteroatoms. The number of hydrogen-bond acceptors (Lipinski definition) is 6. The Morgan fingerprint density at radius 1 is 0.551 bits per heavy atom. The predicted octanol–water partition coefficient (Wildman–Crippen LogP) is 9.04. The van der Waals surface area contributed by atoms with Gasteiger partial charge in [-0.15, -0.1) is 0 Å². The van der Waals surface area contributed by atoms with E-state index in [1.54, 1.807) is 6.07 Å². The summed E-state index contributed by atoms with van der Waals surface area (Å²) in [7, 11) is 0. The molecule has 0 unspecified atom stereocenters. The molecule has 6 aromatic carbocycles. The number of nitriles is 2.